The fraction of sp³-hybridized carbons (Fsp3) is 0.200. The molecular weight excluding hydrogens is 418 g/mol. The van der Waals surface area contributed by atoms with Crippen LogP contribution in [0.1, 0.15) is 16.1 Å². The second kappa shape index (κ2) is 8.84. The average Bonchev–Trinajstić information content (AvgIpc) is 3.20. The molecule has 4 aromatic rings. The Balaban J connectivity index is 1.33. The van der Waals surface area contributed by atoms with E-state index in [2.05, 4.69) is 25.4 Å². The van der Waals surface area contributed by atoms with Gasteiger partial charge in [-0.15, -0.1) is 10.2 Å². The Hall–Kier alpha value is -4.04. The summed E-state index contributed by atoms with van der Waals surface area (Å²) >= 11 is 0. The number of fused-ring (bicyclic) bond motifs is 1. The van der Waals surface area contributed by atoms with E-state index in [0.717, 1.165) is 35.4 Å². The zero-order valence-electron chi connectivity index (χ0n) is 18.2. The summed E-state index contributed by atoms with van der Waals surface area (Å²) in [5.74, 6) is -0.454. The Labute approximate surface area is 190 Å². The van der Waals surface area contributed by atoms with Gasteiger partial charge >= 0.3 is 0 Å². The molecule has 1 aliphatic rings. The number of para-hydroxylation sites is 1. The summed E-state index contributed by atoms with van der Waals surface area (Å²) < 4.78 is 5.38. The van der Waals surface area contributed by atoms with Crippen LogP contribution in [-0.4, -0.2) is 53.2 Å². The molecule has 0 atom stereocenters. The molecule has 166 valence electrons. The highest BCUT2D eigenvalue weighted by molar-refractivity contribution is 6.48. The molecule has 33 heavy (non-hydrogen) atoms. The topological polar surface area (TPSA) is 100 Å². The fourth-order valence-corrected chi connectivity index (χ4v) is 4.07. The average molecular weight is 441 g/mol. The van der Waals surface area contributed by atoms with E-state index < -0.39 is 11.7 Å². The van der Waals surface area contributed by atoms with Crippen molar-refractivity contribution < 1.29 is 14.3 Å². The number of nitrogens with one attached hydrogen (secondary N) is 2. The zero-order valence-corrected chi connectivity index (χ0v) is 18.2. The Morgan fingerprint density at radius 2 is 1.82 bits per heavy atom. The zero-order chi connectivity index (χ0) is 22.8. The molecule has 8 nitrogen and oxygen atoms in total. The summed E-state index contributed by atoms with van der Waals surface area (Å²) in [6.45, 7) is 4.74. The van der Waals surface area contributed by atoms with E-state index in [4.69, 9.17) is 4.74 Å². The Morgan fingerprint density at radius 1 is 1.00 bits per heavy atom. The molecule has 1 fully saturated rings. The SMILES string of the molecule is Cc1[nH]c2ccccc2c1C(=O)C(=O)Nc1cccc(-c2ccc(N3CCOCC3)nn2)c1. The van der Waals surface area contributed by atoms with Gasteiger partial charge < -0.3 is 19.9 Å². The van der Waals surface area contributed by atoms with Crippen LogP contribution in [0.25, 0.3) is 22.2 Å². The number of carbonyl (C=O) groups excluding carboxylic acids is 2. The van der Waals surface area contributed by atoms with Crippen LogP contribution < -0.4 is 10.2 Å². The number of hydrogen-bond acceptors (Lipinski definition) is 6. The Kier molecular flexibility index (Phi) is 5.58. The number of benzene rings is 2. The van der Waals surface area contributed by atoms with Crippen LogP contribution in [0.3, 0.4) is 0 Å². The summed E-state index contributed by atoms with van der Waals surface area (Å²) in [4.78, 5) is 31.0. The first-order valence-corrected chi connectivity index (χ1v) is 10.8. The van der Waals surface area contributed by atoms with E-state index in [9.17, 15) is 9.59 Å². The van der Waals surface area contributed by atoms with Crippen molar-refractivity contribution in [3.8, 4) is 11.3 Å². The molecule has 0 aliphatic carbocycles. The number of amides is 1. The minimum atomic E-state index is -0.686. The van der Waals surface area contributed by atoms with E-state index in [0.29, 0.717) is 35.9 Å². The largest absolute Gasteiger partial charge is 0.378 e. The Morgan fingerprint density at radius 3 is 2.61 bits per heavy atom. The third-order valence-corrected chi connectivity index (χ3v) is 5.73. The van der Waals surface area contributed by atoms with Gasteiger partial charge in [0.15, 0.2) is 5.82 Å². The quantitative estimate of drug-likeness (QED) is 0.363. The first-order valence-electron chi connectivity index (χ1n) is 10.8. The van der Waals surface area contributed by atoms with Crippen molar-refractivity contribution in [2.75, 3.05) is 36.5 Å². The van der Waals surface area contributed by atoms with Crippen LogP contribution in [0.4, 0.5) is 11.5 Å². The summed E-state index contributed by atoms with van der Waals surface area (Å²) in [6, 6.07) is 18.5. The van der Waals surface area contributed by atoms with Gasteiger partial charge in [-0.1, -0.05) is 30.3 Å². The van der Waals surface area contributed by atoms with Gasteiger partial charge in [0.2, 0.25) is 0 Å². The van der Waals surface area contributed by atoms with Gasteiger partial charge in [-0.05, 0) is 37.3 Å². The molecule has 2 aromatic carbocycles. The van der Waals surface area contributed by atoms with Gasteiger partial charge in [-0.2, -0.15) is 0 Å². The minimum absolute atomic E-state index is 0.392. The van der Waals surface area contributed by atoms with Crippen LogP contribution in [0.2, 0.25) is 0 Å². The highest BCUT2D eigenvalue weighted by Gasteiger charge is 2.23. The molecule has 1 saturated heterocycles. The van der Waals surface area contributed by atoms with Gasteiger partial charge in [-0.25, -0.2) is 0 Å². The number of rotatable bonds is 5. The lowest BCUT2D eigenvalue weighted by atomic mass is 10.1. The first kappa shape index (κ1) is 20.8. The molecule has 2 N–H and O–H groups in total. The third kappa shape index (κ3) is 4.20. The molecule has 3 heterocycles. The number of aromatic nitrogens is 3. The molecule has 0 spiro atoms. The molecule has 1 aliphatic heterocycles. The lowest BCUT2D eigenvalue weighted by Gasteiger charge is -2.27. The first-order chi connectivity index (χ1) is 16.1. The molecule has 8 heteroatoms. The third-order valence-electron chi connectivity index (χ3n) is 5.73. The van der Waals surface area contributed by atoms with Gasteiger partial charge in [0.1, 0.15) is 0 Å². The molecule has 2 aromatic heterocycles. The molecule has 5 rings (SSSR count). The van der Waals surface area contributed by atoms with Gasteiger partial charge in [0, 0.05) is 40.9 Å². The summed E-state index contributed by atoms with van der Waals surface area (Å²) in [6.07, 6.45) is 0. The highest BCUT2D eigenvalue weighted by Crippen LogP contribution is 2.25. The predicted molar refractivity (Wildman–Crippen MR) is 126 cm³/mol. The number of H-pyrrole nitrogens is 1. The van der Waals surface area contributed by atoms with E-state index in [1.54, 1.807) is 19.1 Å². The standard InChI is InChI=1S/C25H23N5O3/c1-16-23(19-7-2-3-8-21(19)26-16)24(31)25(32)27-18-6-4-5-17(15-18)20-9-10-22(29-28-20)30-11-13-33-14-12-30/h2-10,15,26H,11-14H2,1H3,(H,27,32). The van der Waals surface area contributed by atoms with Crippen molar-refractivity contribution in [2.45, 2.75) is 6.92 Å². The summed E-state index contributed by atoms with van der Waals surface area (Å²) in [5.41, 5.74) is 3.88. The van der Waals surface area contributed by atoms with Crippen LogP contribution in [0.5, 0.6) is 0 Å². The molecule has 0 radical (unpaired) electrons. The van der Waals surface area contributed by atoms with E-state index in [1.807, 2.05) is 48.5 Å². The van der Waals surface area contributed by atoms with E-state index in [-0.39, 0.29) is 0 Å². The number of morpholine rings is 1. The van der Waals surface area contributed by atoms with E-state index >= 15 is 0 Å². The number of anilines is 2. The number of nitrogens with zero attached hydrogens (tertiary/aromatic N) is 3. The number of ketones is 1. The number of hydrogen-bond donors (Lipinski definition) is 2. The van der Waals surface area contributed by atoms with Crippen LogP contribution >= 0.6 is 0 Å². The fourth-order valence-electron chi connectivity index (χ4n) is 4.07. The lowest BCUT2D eigenvalue weighted by Crippen LogP contribution is -2.36. The monoisotopic (exact) mass is 441 g/mol. The number of Topliss-reactive ketones (excluding diaryl/α,β-unsaturated/α-hetero) is 1. The smallest absolute Gasteiger partial charge is 0.296 e. The second-order valence-electron chi connectivity index (χ2n) is 7.91. The van der Waals surface area contributed by atoms with Crippen molar-refractivity contribution >= 4 is 34.1 Å². The Bertz CT molecular complexity index is 1320. The maximum atomic E-state index is 12.9. The van der Waals surface area contributed by atoms with Gasteiger partial charge in [0.05, 0.1) is 24.5 Å². The van der Waals surface area contributed by atoms with Crippen LogP contribution in [-0.2, 0) is 9.53 Å². The number of ether oxygens (including phenoxy) is 1. The van der Waals surface area contributed by atoms with Crippen molar-refractivity contribution in [2.24, 2.45) is 0 Å². The van der Waals surface area contributed by atoms with Crippen molar-refractivity contribution in [3.05, 3.63) is 71.9 Å². The highest BCUT2D eigenvalue weighted by atomic mass is 16.5. The van der Waals surface area contributed by atoms with Crippen LogP contribution in [0, 0.1) is 6.92 Å². The van der Waals surface area contributed by atoms with Crippen molar-refractivity contribution in [1.82, 2.24) is 15.2 Å². The molecule has 0 bridgehead atoms. The molecule has 0 unspecified atom stereocenters. The summed E-state index contributed by atoms with van der Waals surface area (Å²) in [5, 5.41) is 12.2. The second-order valence-corrected chi connectivity index (χ2v) is 7.91. The predicted octanol–water partition coefficient (Wildman–Crippen LogP) is 3.59. The molecule has 1 amide bonds. The minimum Gasteiger partial charge on any atom is -0.378 e. The normalized spacial score (nSPS) is 13.8. The van der Waals surface area contributed by atoms with Gasteiger partial charge in [-0.3, -0.25) is 9.59 Å². The molecule has 0 saturated carbocycles. The maximum absolute atomic E-state index is 12.9. The number of carbonyl (C=O) groups is 2. The maximum Gasteiger partial charge on any atom is 0.296 e. The number of aromatic amines is 1. The molecular formula is C25H23N5O3. The number of aryl methyl sites for hydroxylation is 1. The van der Waals surface area contributed by atoms with E-state index in [1.165, 1.54) is 0 Å². The van der Waals surface area contributed by atoms with Gasteiger partial charge in [0.25, 0.3) is 11.7 Å². The van der Waals surface area contributed by atoms with Crippen LogP contribution in [0.15, 0.2) is 60.7 Å². The van der Waals surface area contributed by atoms with Crippen molar-refractivity contribution in [3.63, 3.8) is 0 Å². The lowest BCUT2D eigenvalue weighted by molar-refractivity contribution is -0.112. The summed E-state index contributed by atoms with van der Waals surface area (Å²) in [7, 11) is 0. The van der Waals surface area contributed by atoms with Crippen molar-refractivity contribution in [1.29, 1.82) is 0 Å².